The second-order valence-corrected chi connectivity index (χ2v) is 6.64. The maximum atomic E-state index is 5.55. The number of aryl methyl sites for hydroxylation is 1. The van der Waals surface area contributed by atoms with Crippen molar-refractivity contribution in [1.29, 1.82) is 0 Å². The summed E-state index contributed by atoms with van der Waals surface area (Å²) in [6.45, 7) is 10.3. The summed E-state index contributed by atoms with van der Waals surface area (Å²) >= 11 is 0. The number of nitrogens with one attached hydrogen (secondary N) is 1. The number of likely N-dealkylation sites (N-methyl/N-ethyl adjacent to an activating group) is 1. The van der Waals surface area contributed by atoms with Gasteiger partial charge in [0, 0.05) is 24.7 Å². The SMILES string of the molecule is CNC(CN1CCC(C(C)C)C1)c1cc(C)ccc1OC. The van der Waals surface area contributed by atoms with Crippen molar-refractivity contribution in [3.05, 3.63) is 29.3 Å². The van der Waals surface area contributed by atoms with Crippen LogP contribution >= 0.6 is 0 Å². The average molecular weight is 290 g/mol. The molecule has 0 spiro atoms. The van der Waals surface area contributed by atoms with Crippen molar-refractivity contribution in [2.24, 2.45) is 11.8 Å². The van der Waals surface area contributed by atoms with Gasteiger partial charge in [-0.15, -0.1) is 0 Å². The third kappa shape index (κ3) is 3.98. The average Bonchev–Trinajstić information content (AvgIpc) is 2.93. The van der Waals surface area contributed by atoms with E-state index in [1.54, 1.807) is 7.11 Å². The first-order valence-corrected chi connectivity index (χ1v) is 8.09. The minimum absolute atomic E-state index is 0.325. The van der Waals surface area contributed by atoms with Gasteiger partial charge in [-0.3, -0.25) is 0 Å². The Hall–Kier alpha value is -1.06. The number of hydrogen-bond donors (Lipinski definition) is 1. The van der Waals surface area contributed by atoms with Crippen molar-refractivity contribution >= 4 is 0 Å². The first kappa shape index (κ1) is 16.3. The Morgan fingerprint density at radius 3 is 2.71 bits per heavy atom. The molecule has 1 saturated heterocycles. The van der Waals surface area contributed by atoms with Gasteiger partial charge in [-0.1, -0.05) is 31.5 Å². The molecule has 0 aliphatic carbocycles. The van der Waals surface area contributed by atoms with E-state index in [0.717, 1.165) is 24.1 Å². The van der Waals surface area contributed by atoms with Crippen LogP contribution in [0.5, 0.6) is 5.75 Å². The third-order valence-electron chi connectivity index (χ3n) is 4.80. The predicted molar refractivity (Wildman–Crippen MR) is 88.9 cm³/mol. The number of benzene rings is 1. The maximum absolute atomic E-state index is 5.55. The molecule has 1 aliphatic heterocycles. The molecule has 1 aromatic rings. The summed E-state index contributed by atoms with van der Waals surface area (Å²) in [7, 11) is 3.80. The Morgan fingerprint density at radius 2 is 2.14 bits per heavy atom. The quantitative estimate of drug-likeness (QED) is 0.870. The number of nitrogens with zero attached hydrogens (tertiary/aromatic N) is 1. The maximum Gasteiger partial charge on any atom is 0.123 e. The standard InChI is InChI=1S/C18H30N2O/c1-13(2)15-8-9-20(11-15)12-17(19-4)16-10-14(3)6-7-18(16)21-5/h6-7,10,13,15,17,19H,8-9,11-12H2,1-5H3. The Labute approximate surface area is 129 Å². The van der Waals surface area contributed by atoms with E-state index in [1.165, 1.54) is 30.6 Å². The van der Waals surface area contributed by atoms with Gasteiger partial charge in [0.05, 0.1) is 7.11 Å². The Kier molecular flexibility index (Phi) is 5.65. The van der Waals surface area contributed by atoms with E-state index in [-0.39, 0.29) is 0 Å². The Bertz CT molecular complexity index is 459. The lowest BCUT2D eigenvalue weighted by Gasteiger charge is -2.26. The topological polar surface area (TPSA) is 24.5 Å². The van der Waals surface area contributed by atoms with E-state index in [2.05, 4.69) is 49.2 Å². The number of ether oxygens (including phenoxy) is 1. The second kappa shape index (κ2) is 7.28. The third-order valence-corrected chi connectivity index (χ3v) is 4.80. The van der Waals surface area contributed by atoms with E-state index in [9.17, 15) is 0 Å². The van der Waals surface area contributed by atoms with Gasteiger partial charge in [0.1, 0.15) is 5.75 Å². The van der Waals surface area contributed by atoms with Gasteiger partial charge in [-0.05, 0) is 44.8 Å². The number of rotatable bonds is 6. The molecule has 3 heteroatoms. The zero-order chi connectivity index (χ0) is 15.4. The van der Waals surface area contributed by atoms with Crippen LogP contribution in [0.3, 0.4) is 0 Å². The summed E-state index contributed by atoms with van der Waals surface area (Å²) in [5, 5.41) is 3.47. The molecule has 2 unspecified atom stereocenters. The minimum Gasteiger partial charge on any atom is -0.496 e. The molecule has 1 fully saturated rings. The molecule has 0 amide bonds. The largest absolute Gasteiger partial charge is 0.496 e. The Balaban J connectivity index is 2.08. The summed E-state index contributed by atoms with van der Waals surface area (Å²) in [5.74, 6) is 2.62. The van der Waals surface area contributed by atoms with Crippen LogP contribution in [0.15, 0.2) is 18.2 Å². The molecular formula is C18H30N2O. The van der Waals surface area contributed by atoms with Crippen LogP contribution in [0.2, 0.25) is 0 Å². The summed E-state index contributed by atoms with van der Waals surface area (Å²) in [6, 6.07) is 6.76. The molecule has 3 nitrogen and oxygen atoms in total. The van der Waals surface area contributed by atoms with Crippen molar-refractivity contribution in [3.63, 3.8) is 0 Å². The smallest absolute Gasteiger partial charge is 0.123 e. The molecule has 0 aromatic heterocycles. The van der Waals surface area contributed by atoms with Gasteiger partial charge in [0.2, 0.25) is 0 Å². The molecule has 1 heterocycles. The fourth-order valence-electron chi connectivity index (χ4n) is 3.30. The van der Waals surface area contributed by atoms with Crippen LogP contribution in [0.4, 0.5) is 0 Å². The highest BCUT2D eigenvalue weighted by molar-refractivity contribution is 5.39. The van der Waals surface area contributed by atoms with Gasteiger partial charge in [-0.25, -0.2) is 0 Å². The number of methoxy groups -OCH3 is 1. The fraction of sp³-hybridized carbons (Fsp3) is 0.667. The summed E-state index contributed by atoms with van der Waals surface area (Å²) < 4.78 is 5.55. The first-order chi connectivity index (χ1) is 10.0. The Morgan fingerprint density at radius 1 is 1.38 bits per heavy atom. The highest BCUT2D eigenvalue weighted by atomic mass is 16.5. The molecule has 0 bridgehead atoms. The zero-order valence-corrected chi connectivity index (χ0v) is 14.1. The van der Waals surface area contributed by atoms with Crippen LogP contribution in [0, 0.1) is 18.8 Å². The van der Waals surface area contributed by atoms with E-state index >= 15 is 0 Å². The van der Waals surface area contributed by atoms with E-state index in [0.29, 0.717) is 6.04 Å². The van der Waals surface area contributed by atoms with Crippen molar-refractivity contribution < 1.29 is 4.74 Å². The van der Waals surface area contributed by atoms with Crippen molar-refractivity contribution in [2.45, 2.75) is 33.2 Å². The monoisotopic (exact) mass is 290 g/mol. The molecule has 2 atom stereocenters. The van der Waals surface area contributed by atoms with E-state index < -0.39 is 0 Å². The molecule has 1 aliphatic rings. The van der Waals surface area contributed by atoms with E-state index in [1.807, 2.05) is 7.05 Å². The van der Waals surface area contributed by atoms with Gasteiger partial charge in [-0.2, -0.15) is 0 Å². The van der Waals surface area contributed by atoms with Gasteiger partial charge in [0.15, 0.2) is 0 Å². The highest BCUT2D eigenvalue weighted by Gasteiger charge is 2.27. The van der Waals surface area contributed by atoms with Crippen LogP contribution in [-0.4, -0.2) is 38.7 Å². The zero-order valence-electron chi connectivity index (χ0n) is 14.1. The summed E-state index contributed by atoms with van der Waals surface area (Å²) in [5.41, 5.74) is 2.56. The highest BCUT2D eigenvalue weighted by Crippen LogP contribution is 2.29. The van der Waals surface area contributed by atoms with Gasteiger partial charge >= 0.3 is 0 Å². The fourth-order valence-corrected chi connectivity index (χ4v) is 3.30. The lowest BCUT2D eigenvalue weighted by atomic mass is 9.95. The molecular weight excluding hydrogens is 260 g/mol. The van der Waals surface area contributed by atoms with Gasteiger partial charge < -0.3 is 15.0 Å². The molecule has 2 rings (SSSR count). The van der Waals surface area contributed by atoms with Crippen LogP contribution < -0.4 is 10.1 Å². The molecule has 0 radical (unpaired) electrons. The molecule has 0 saturated carbocycles. The summed E-state index contributed by atoms with van der Waals surface area (Å²) in [4.78, 5) is 2.59. The molecule has 21 heavy (non-hydrogen) atoms. The molecule has 1 N–H and O–H groups in total. The lowest BCUT2D eigenvalue weighted by molar-refractivity contribution is 0.272. The molecule has 118 valence electrons. The van der Waals surface area contributed by atoms with Crippen LogP contribution in [0.25, 0.3) is 0 Å². The van der Waals surface area contributed by atoms with Gasteiger partial charge in [0.25, 0.3) is 0 Å². The first-order valence-electron chi connectivity index (χ1n) is 8.09. The van der Waals surface area contributed by atoms with Crippen molar-refractivity contribution in [3.8, 4) is 5.75 Å². The molecule has 1 aromatic carbocycles. The van der Waals surface area contributed by atoms with E-state index in [4.69, 9.17) is 4.74 Å². The predicted octanol–water partition coefficient (Wildman–Crippen LogP) is 3.24. The van der Waals surface area contributed by atoms with Crippen molar-refractivity contribution in [2.75, 3.05) is 33.8 Å². The lowest BCUT2D eigenvalue weighted by Crippen LogP contribution is -2.33. The second-order valence-electron chi connectivity index (χ2n) is 6.64. The number of hydrogen-bond acceptors (Lipinski definition) is 3. The normalized spacial score (nSPS) is 21.0. The van der Waals surface area contributed by atoms with Crippen molar-refractivity contribution in [1.82, 2.24) is 10.2 Å². The van der Waals surface area contributed by atoms with Crippen LogP contribution in [-0.2, 0) is 0 Å². The summed E-state index contributed by atoms with van der Waals surface area (Å²) in [6.07, 6.45) is 1.33. The minimum atomic E-state index is 0.325. The van der Waals surface area contributed by atoms with Crippen LogP contribution in [0.1, 0.15) is 37.4 Å². The number of likely N-dealkylation sites (tertiary alicyclic amines) is 1.